The predicted octanol–water partition coefficient (Wildman–Crippen LogP) is 2.77. The number of ether oxygens (including phenoxy) is 1. The molecular formula is C13H10INO3S. The molecule has 1 aromatic carbocycles. The number of benzene rings is 1. The van der Waals surface area contributed by atoms with E-state index in [1.807, 2.05) is 17.5 Å². The van der Waals surface area contributed by atoms with Gasteiger partial charge in [-0.25, -0.2) is 0 Å². The fourth-order valence-electron chi connectivity index (χ4n) is 1.93. The lowest BCUT2D eigenvalue weighted by Gasteiger charge is -2.19. The number of fused-ring (bicyclic) bond motifs is 1. The molecule has 1 amide bonds. The van der Waals surface area contributed by atoms with Crippen LogP contribution in [0.1, 0.15) is 17.2 Å². The molecule has 0 saturated carbocycles. The first-order valence-corrected chi connectivity index (χ1v) is 7.58. The number of aliphatic hydroxyl groups is 1. The SMILES string of the molecule is O=C1COc2ccc(C(O)c3csc(I)c3)cc2N1. The largest absolute Gasteiger partial charge is 0.482 e. The summed E-state index contributed by atoms with van der Waals surface area (Å²) < 4.78 is 6.41. The van der Waals surface area contributed by atoms with Crippen molar-refractivity contribution in [3.63, 3.8) is 0 Å². The molecule has 2 N–H and O–H groups in total. The average Bonchev–Trinajstić information content (AvgIpc) is 2.83. The monoisotopic (exact) mass is 387 g/mol. The van der Waals surface area contributed by atoms with Gasteiger partial charge in [0.25, 0.3) is 5.91 Å². The first-order chi connectivity index (χ1) is 9.13. The lowest BCUT2D eigenvalue weighted by molar-refractivity contribution is -0.118. The summed E-state index contributed by atoms with van der Waals surface area (Å²) in [6, 6.07) is 7.28. The molecule has 0 bridgehead atoms. The maximum atomic E-state index is 11.3. The Balaban J connectivity index is 1.93. The second kappa shape index (κ2) is 5.10. The van der Waals surface area contributed by atoms with Crippen molar-refractivity contribution < 1.29 is 14.6 Å². The number of amides is 1. The zero-order valence-corrected chi connectivity index (χ0v) is 12.7. The molecule has 0 fully saturated rings. The molecule has 19 heavy (non-hydrogen) atoms. The first kappa shape index (κ1) is 12.9. The molecule has 0 radical (unpaired) electrons. The zero-order valence-electron chi connectivity index (χ0n) is 9.72. The topological polar surface area (TPSA) is 58.6 Å². The molecule has 1 aliphatic heterocycles. The van der Waals surface area contributed by atoms with Crippen LogP contribution in [0.5, 0.6) is 5.75 Å². The predicted molar refractivity (Wildman–Crippen MR) is 81.7 cm³/mol. The van der Waals surface area contributed by atoms with Gasteiger partial charge in [-0.1, -0.05) is 6.07 Å². The number of aliphatic hydroxyl groups excluding tert-OH is 1. The van der Waals surface area contributed by atoms with Gasteiger partial charge in [-0.15, -0.1) is 11.3 Å². The van der Waals surface area contributed by atoms with Crippen LogP contribution in [0.4, 0.5) is 5.69 Å². The van der Waals surface area contributed by atoms with Gasteiger partial charge < -0.3 is 15.2 Å². The van der Waals surface area contributed by atoms with Crippen molar-refractivity contribution >= 4 is 45.5 Å². The van der Waals surface area contributed by atoms with E-state index in [-0.39, 0.29) is 12.5 Å². The summed E-state index contributed by atoms with van der Waals surface area (Å²) in [4.78, 5) is 11.3. The van der Waals surface area contributed by atoms with E-state index in [2.05, 4.69) is 27.9 Å². The Bertz CT molecular complexity index is 641. The maximum absolute atomic E-state index is 11.3. The van der Waals surface area contributed by atoms with Gasteiger partial charge in [0, 0.05) is 0 Å². The number of carbonyl (C=O) groups excluding carboxylic acids is 1. The van der Waals surface area contributed by atoms with E-state index in [1.54, 1.807) is 23.5 Å². The van der Waals surface area contributed by atoms with E-state index >= 15 is 0 Å². The Labute approximate surface area is 127 Å². The Kier molecular flexibility index (Phi) is 3.46. The summed E-state index contributed by atoms with van der Waals surface area (Å²) in [6.07, 6.45) is -0.691. The number of anilines is 1. The van der Waals surface area contributed by atoms with Crippen LogP contribution in [0, 0.1) is 2.88 Å². The van der Waals surface area contributed by atoms with Gasteiger partial charge >= 0.3 is 0 Å². The molecule has 1 aromatic heterocycles. The van der Waals surface area contributed by atoms with Crippen molar-refractivity contribution in [3.8, 4) is 5.75 Å². The van der Waals surface area contributed by atoms with E-state index in [0.717, 1.165) is 14.0 Å². The highest BCUT2D eigenvalue weighted by molar-refractivity contribution is 14.1. The molecule has 1 aliphatic rings. The van der Waals surface area contributed by atoms with Crippen LogP contribution < -0.4 is 10.1 Å². The number of halogens is 1. The van der Waals surface area contributed by atoms with Crippen molar-refractivity contribution in [2.75, 3.05) is 11.9 Å². The molecule has 98 valence electrons. The van der Waals surface area contributed by atoms with Crippen molar-refractivity contribution in [2.45, 2.75) is 6.10 Å². The van der Waals surface area contributed by atoms with Crippen molar-refractivity contribution in [1.82, 2.24) is 0 Å². The summed E-state index contributed by atoms with van der Waals surface area (Å²) >= 11 is 3.81. The van der Waals surface area contributed by atoms with E-state index in [1.165, 1.54) is 0 Å². The molecule has 0 spiro atoms. The normalized spacial score (nSPS) is 15.4. The van der Waals surface area contributed by atoms with E-state index < -0.39 is 6.10 Å². The van der Waals surface area contributed by atoms with Crippen molar-refractivity contribution in [3.05, 3.63) is 43.7 Å². The molecule has 3 rings (SSSR count). The highest BCUT2D eigenvalue weighted by atomic mass is 127. The van der Waals surface area contributed by atoms with E-state index in [4.69, 9.17) is 4.74 Å². The van der Waals surface area contributed by atoms with Gasteiger partial charge in [0.15, 0.2) is 6.61 Å². The summed E-state index contributed by atoms with van der Waals surface area (Å²) in [5.41, 5.74) is 2.20. The fraction of sp³-hybridized carbons (Fsp3) is 0.154. The second-order valence-corrected chi connectivity index (χ2v) is 6.98. The van der Waals surface area contributed by atoms with Gasteiger partial charge in [-0.2, -0.15) is 0 Å². The standard InChI is InChI=1S/C13H10INO3S/c14-11-4-8(6-19-11)13(17)7-1-2-10-9(3-7)15-12(16)5-18-10/h1-4,6,13,17H,5H2,(H,15,16). The van der Waals surface area contributed by atoms with E-state index in [0.29, 0.717) is 11.4 Å². The summed E-state index contributed by atoms with van der Waals surface area (Å²) in [5.74, 6) is 0.458. The number of carbonyl (C=O) groups is 1. The summed E-state index contributed by atoms with van der Waals surface area (Å²) in [6.45, 7) is 0.0393. The van der Waals surface area contributed by atoms with Crippen LogP contribution in [-0.2, 0) is 4.79 Å². The average molecular weight is 387 g/mol. The number of hydrogen-bond acceptors (Lipinski definition) is 4. The van der Waals surface area contributed by atoms with Gasteiger partial charge in [0.2, 0.25) is 0 Å². The minimum atomic E-state index is -0.691. The molecule has 6 heteroatoms. The second-order valence-electron chi connectivity index (χ2n) is 4.18. The van der Waals surface area contributed by atoms with Crippen LogP contribution in [0.15, 0.2) is 29.6 Å². The van der Waals surface area contributed by atoms with Crippen molar-refractivity contribution in [1.29, 1.82) is 0 Å². The van der Waals surface area contributed by atoms with Crippen LogP contribution in [0.2, 0.25) is 0 Å². The van der Waals surface area contributed by atoms with E-state index in [9.17, 15) is 9.90 Å². The number of thiophene rings is 1. The minimum Gasteiger partial charge on any atom is -0.482 e. The number of nitrogens with one attached hydrogen (secondary N) is 1. The van der Waals surface area contributed by atoms with Crippen LogP contribution >= 0.6 is 33.9 Å². The summed E-state index contributed by atoms with van der Waals surface area (Å²) in [5, 5.41) is 15.0. The van der Waals surface area contributed by atoms with Crippen LogP contribution in [-0.4, -0.2) is 17.6 Å². The Hall–Kier alpha value is -1.12. The molecule has 2 aromatic rings. The molecule has 0 aliphatic carbocycles. The number of hydrogen-bond donors (Lipinski definition) is 2. The number of rotatable bonds is 2. The van der Waals surface area contributed by atoms with Crippen LogP contribution in [0.25, 0.3) is 0 Å². The third-order valence-electron chi connectivity index (χ3n) is 2.86. The van der Waals surface area contributed by atoms with Gasteiger partial charge in [-0.3, -0.25) is 4.79 Å². The lowest BCUT2D eigenvalue weighted by Crippen LogP contribution is -2.25. The van der Waals surface area contributed by atoms with Crippen molar-refractivity contribution in [2.24, 2.45) is 0 Å². The van der Waals surface area contributed by atoms with Gasteiger partial charge in [0.05, 0.1) is 8.57 Å². The Morgan fingerprint density at radius 3 is 2.95 bits per heavy atom. The lowest BCUT2D eigenvalue weighted by atomic mass is 10.0. The molecule has 0 saturated heterocycles. The highest BCUT2D eigenvalue weighted by Crippen LogP contribution is 2.33. The highest BCUT2D eigenvalue weighted by Gasteiger charge is 2.19. The molecule has 2 heterocycles. The van der Waals surface area contributed by atoms with Gasteiger partial charge in [-0.05, 0) is 57.3 Å². The van der Waals surface area contributed by atoms with Crippen LogP contribution in [0.3, 0.4) is 0 Å². The Morgan fingerprint density at radius 1 is 1.37 bits per heavy atom. The summed E-state index contributed by atoms with van der Waals surface area (Å²) in [7, 11) is 0. The quantitative estimate of drug-likeness (QED) is 0.780. The molecule has 1 atom stereocenters. The first-order valence-electron chi connectivity index (χ1n) is 5.62. The third kappa shape index (κ3) is 2.60. The molecule has 4 nitrogen and oxygen atoms in total. The minimum absolute atomic E-state index is 0.0393. The third-order valence-corrected chi connectivity index (χ3v) is 4.66. The molecule has 1 unspecified atom stereocenters. The maximum Gasteiger partial charge on any atom is 0.262 e. The zero-order chi connectivity index (χ0) is 13.4. The molecular weight excluding hydrogens is 377 g/mol. The smallest absolute Gasteiger partial charge is 0.262 e. The van der Waals surface area contributed by atoms with Gasteiger partial charge in [0.1, 0.15) is 11.9 Å². The Morgan fingerprint density at radius 2 is 2.21 bits per heavy atom. The fourth-order valence-corrected chi connectivity index (χ4v) is 3.32.